The first-order valence-electron chi connectivity index (χ1n) is 6.69. The summed E-state index contributed by atoms with van der Waals surface area (Å²) in [4.78, 5) is 0. The van der Waals surface area contributed by atoms with Crippen molar-refractivity contribution < 1.29 is 17.9 Å². The fraction of sp³-hybridized carbons (Fsp3) is 0.250. The first-order chi connectivity index (χ1) is 10.0. The number of alkyl halides is 3. The average molecular weight is 293 g/mol. The number of halogens is 3. The molecule has 1 N–H and O–H groups in total. The minimum atomic E-state index is -4.33. The third kappa shape index (κ3) is 2.96. The first kappa shape index (κ1) is 13.8. The maximum atomic E-state index is 12.9. The van der Waals surface area contributed by atoms with Crippen molar-refractivity contribution in [2.45, 2.75) is 19.1 Å². The van der Waals surface area contributed by atoms with E-state index in [1.165, 1.54) is 12.1 Å². The van der Waals surface area contributed by atoms with Crippen LogP contribution in [0.2, 0.25) is 0 Å². The Kier molecular flexibility index (Phi) is 3.49. The van der Waals surface area contributed by atoms with Gasteiger partial charge in [-0.25, -0.2) is 0 Å². The zero-order valence-electron chi connectivity index (χ0n) is 11.2. The van der Waals surface area contributed by atoms with Gasteiger partial charge in [-0.2, -0.15) is 13.2 Å². The van der Waals surface area contributed by atoms with Gasteiger partial charge in [0, 0.05) is 18.7 Å². The monoisotopic (exact) mass is 293 g/mol. The van der Waals surface area contributed by atoms with E-state index in [-0.39, 0.29) is 12.1 Å². The average Bonchev–Trinajstić information content (AvgIpc) is 2.92. The van der Waals surface area contributed by atoms with E-state index in [9.17, 15) is 13.2 Å². The SMILES string of the molecule is FC(F)(F)c1ccccc1CNc1ccc2c(c1)CCO2. The van der Waals surface area contributed by atoms with Crippen LogP contribution < -0.4 is 10.1 Å². The molecule has 1 heterocycles. The van der Waals surface area contributed by atoms with E-state index in [1.54, 1.807) is 6.07 Å². The van der Waals surface area contributed by atoms with Gasteiger partial charge in [0.05, 0.1) is 12.2 Å². The Labute approximate surface area is 120 Å². The predicted octanol–water partition coefficient (Wildman–Crippen LogP) is 4.25. The molecule has 0 fully saturated rings. The van der Waals surface area contributed by atoms with Crippen molar-refractivity contribution in [3.05, 3.63) is 59.2 Å². The number of hydrogen-bond acceptors (Lipinski definition) is 2. The quantitative estimate of drug-likeness (QED) is 0.913. The minimum Gasteiger partial charge on any atom is -0.493 e. The summed E-state index contributed by atoms with van der Waals surface area (Å²) in [5.74, 6) is 0.858. The van der Waals surface area contributed by atoms with Gasteiger partial charge in [-0.1, -0.05) is 18.2 Å². The van der Waals surface area contributed by atoms with Crippen LogP contribution in [0.15, 0.2) is 42.5 Å². The molecule has 0 unspecified atom stereocenters. The molecule has 0 saturated heterocycles. The smallest absolute Gasteiger partial charge is 0.416 e. The summed E-state index contributed by atoms with van der Waals surface area (Å²) in [6.07, 6.45) is -3.49. The normalized spacial score (nSPS) is 13.7. The fourth-order valence-electron chi connectivity index (χ4n) is 2.44. The number of ether oxygens (including phenoxy) is 1. The number of hydrogen-bond donors (Lipinski definition) is 1. The van der Waals surface area contributed by atoms with E-state index in [4.69, 9.17) is 4.74 Å². The molecule has 0 spiro atoms. The molecule has 5 heteroatoms. The van der Waals surface area contributed by atoms with Crippen molar-refractivity contribution >= 4 is 5.69 Å². The van der Waals surface area contributed by atoms with Gasteiger partial charge in [0.25, 0.3) is 0 Å². The predicted molar refractivity (Wildman–Crippen MR) is 74.4 cm³/mol. The van der Waals surface area contributed by atoms with Crippen LogP contribution in [0, 0.1) is 0 Å². The van der Waals surface area contributed by atoms with E-state index in [0.717, 1.165) is 29.5 Å². The molecular formula is C16H14F3NO. The molecule has 21 heavy (non-hydrogen) atoms. The molecule has 1 aliphatic rings. The molecule has 2 aromatic carbocycles. The van der Waals surface area contributed by atoms with Crippen LogP contribution in [0.1, 0.15) is 16.7 Å². The first-order valence-corrected chi connectivity index (χ1v) is 6.69. The summed E-state index contributed by atoms with van der Waals surface area (Å²) in [7, 11) is 0. The van der Waals surface area contributed by atoms with Crippen molar-refractivity contribution in [1.82, 2.24) is 0 Å². The molecule has 0 amide bonds. The highest BCUT2D eigenvalue weighted by Crippen LogP contribution is 2.32. The molecule has 0 radical (unpaired) electrons. The molecule has 0 atom stereocenters. The van der Waals surface area contributed by atoms with Crippen molar-refractivity contribution in [3.8, 4) is 5.75 Å². The van der Waals surface area contributed by atoms with Crippen LogP contribution >= 0.6 is 0 Å². The zero-order chi connectivity index (χ0) is 14.9. The van der Waals surface area contributed by atoms with Gasteiger partial charge in [0.2, 0.25) is 0 Å². The third-order valence-electron chi connectivity index (χ3n) is 3.50. The Hall–Kier alpha value is -2.17. The Bertz CT molecular complexity index is 652. The highest BCUT2D eigenvalue weighted by molar-refractivity contribution is 5.53. The summed E-state index contributed by atoms with van der Waals surface area (Å²) in [5, 5.41) is 3.05. The van der Waals surface area contributed by atoms with Gasteiger partial charge in [0.1, 0.15) is 5.75 Å². The van der Waals surface area contributed by atoms with Gasteiger partial charge in [-0.3, -0.25) is 0 Å². The van der Waals surface area contributed by atoms with Crippen molar-refractivity contribution in [2.24, 2.45) is 0 Å². The van der Waals surface area contributed by atoms with Crippen molar-refractivity contribution in [2.75, 3.05) is 11.9 Å². The third-order valence-corrected chi connectivity index (χ3v) is 3.50. The molecule has 0 aliphatic carbocycles. The fourth-order valence-corrected chi connectivity index (χ4v) is 2.44. The van der Waals surface area contributed by atoms with Crippen LogP contribution in [0.25, 0.3) is 0 Å². The van der Waals surface area contributed by atoms with Gasteiger partial charge in [-0.05, 0) is 35.4 Å². The maximum absolute atomic E-state index is 12.9. The molecular weight excluding hydrogens is 279 g/mol. The second kappa shape index (κ2) is 5.31. The summed E-state index contributed by atoms with van der Waals surface area (Å²) < 4.78 is 44.1. The minimum absolute atomic E-state index is 0.134. The maximum Gasteiger partial charge on any atom is 0.416 e. The second-order valence-electron chi connectivity index (χ2n) is 4.93. The number of rotatable bonds is 3. The van der Waals surface area contributed by atoms with E-state index in [0.29, 0.717) is 6.61 Å². The van der Waals surface area contributed by atoms with Gasteiger partial charge < -0.3 is 10.1 Å². The summed E-state index contributed by atoms with van der Waals surface area (Å²) in [6.45, 7) is 0.797. The van der Waals surface area contributed by atoms with Crippen LogP contribution in [0.5, 0.6) is 5.75 Å². The highest BCUT2D eigenvalue weighted by Gasteiger charge is 2.32. The molecule has 2 aromatic rings. The number of benzene rings is 2. The summed E-state index contributed by atoms with van der Waals surface area (Å²) in [6, 6.07) is 11.2. The Balaban J connectivity index is 1.76. The molecule has 0 aromatic heterocycles. The van der Waals surface area contributed by atoms with E-state index in [1.807, 2.05) is 18.2 Å². The standard InChI is InChI=1S/C16H14F3NO/c17-16(18,19)14-4-2-1-3-12(14)10-20-13-5-6-15-11(9-13)7-8-21-15/h1-6,9,20H,7-8,10H2. The largest absolute Gasteiger partial charge is 0.493 e. The topological polar surface area (TPSA) is 21.3 Å². The molecule has 2 nitrogen and oxygen atoms in total. The van der Waals surface area contributed by atoms with E-state index < -0.39 is 11.7 Å². The van der Waals surface area contributed by atoms with Gasteiger partial charge >= 0.3 is 6.18 Å². The lowest BCUT2D eigenvalue weighted by Crippen LogP contribution is -2.11. The van der Waals surface area contributed by atoms with Crippen molar-refractivity contribution in [3.63, 3.8) is 0 Å². The molecule has 0 bridgehead atoms. The van der Waals surface area contributed by atoms with Crippen molar-refractivity contribution in [1.29, 1.82) is 0 Å². The number of anilines is 1. The zero-order valence-corrected chi connectivity index (χ0v) is 11.2. The Morgan fingerprint density at radius 2 is 1.90 bits per heavy atom. The molecule has 110 valence electrons. The lowest BCUT2D eigenvalue weighted by molar-refractivity contribution is -0.138. The molecule has 1 aliphatic heterocycles. The van der Waals surface area contributed by atoms with Crippen LogP contribution in [-0.4, -0.2) is 6.61 Å². The lowest BCUT2D eigenvalue weighted by Gasteiger charge is -2.14. The van der Waals surface area contributed by atoms with Gasteiger partial charge in [-0.15, -0.1) is 0 Å². The van der Waals surface area contributed by atoms with Crippen LogP contribution in [0.4, 0.5) is 18.9 Å². The molecule has 0 saturated carbocycles. The highest BCUT2D eigenvalue weighted by atomic mass is 19.4. The van der Waals surface area contributed by atoms with Crippen LogP contribution in [0.3, 0.4) is 0 Å². The number of fused-ring (bicyclic) bond motifs is 1. The summed E-state index contributed by atoms with van der Waals surface area (Å²) in [5.41, 5.74) is 1.53. The Morgan fingerprint density at radius 1 is 1.10 bits per heavy atom. The second-order valence-corrected chi connectivity index (χ2v) is 4.93. The van der Waals surface area contributed by atoms with Gasteiger partial charge in [0.15, 0.2) is 0 Å². The lowest BCUT2D eigenvalue weighted by atomic mass is 10.1. The van der Waals surface area contributed by atoms with E-state index >= 15 is 0 Å². The summed E-state index contributed by atoms with van der Waals surface area (Å²) >= 11 is 0. The molecule has 3 rings (SSSR count). The number of nitrogens with one attached hydrogen (secondary N) is 1. The van der Waals surface area contributed by atoms with Crippen LogP contribution in [-0.2, 0) is 19.1 Å². The Morgan fingerprint density at radius 3 is 2.71 bits per heavy atom. The van der Waals surface area contributed by atoms with E-state index in [2.05, 4.69) is 5.32 Å².